The Kier molecular flexibility index (Phi) is 4.26. The molecule has 2 heterocycles. The van der Waals surface area contributed by atoms with Crippen molar-refractivity contribution in [3.8, 4) is 11.3 Å². The van der Waals surface area contributed by atoms with Gasteiger partial charge in [-0.05, 0) is 18.2 Å². The van der Waals surface area contributed by atoms with Crippen molar-refractivity contribution < 1.29 is 19.0 Å². The quantitative estimate of drug-likeness (QED) is 0.519. The first kappa shape index (κ1) is 15.4. The van der Waals surface area contributed by atoms with Crippen LogP contribution in [0.25, 0.3) is 17.4 Å². The highest BCUT2D eigenvalue weighted by Crippen LogP contribution is 2.33. The van der Waals surface area contributed by atoms with Crippen LogP contribution in [0.2, 0.25) is 0 Å². The number of carbonyl (C=O) groups is 1. The molecular weight excluding hydrogens is 336 g/mol. The van der Waals surface area contributed by atoms with Crippen LogP contribution in [-0.2, 0) is 9.63 Å². The average molecular weight is 347 g/mol. The van der Waals surface area contributed by atoms with E-state index in [9.17, 15) is 9.70 Å². The maximum atomic E-state index is 11.7. The highest BCUT2D eigenvalue weighted by Gasteiger charge is 2.24. The number of thioether (sulfide) groups is 1. The van der Waals surface area contributed by atoms with Crippen molar-refractivity contribution in [2.24, 2.45) is 0 Å². The Morgan fingerprint density at radius 3 is 2.78 bits per heavy atom. The molecule has 0 radical (unpaired) electrons. The van der Waals surface area contributed by atoms with E-state index in [2.05, 4.69) is 5.32 Å². The van der Waals surface area contributed by atoms with Gasteiger partial charge in [0.25, 0.3) is 10.8 Å². The molecule has 1 aromatic heterocycles. The lowest BCUT2D eigenvalue weighted by molar-refractivity contribution is -0.736. The molecule has 1 aliphatic heterocycles. The van der Waals surface area contributed by atoms with E-state index < -0.39 is 0 Å². The van der Waals surface area contributed by atoms with Crippen LogP contribution in [0.5, 0.6) is 0 Å². The van der Waals surface area contributed by atoms with Crippen LogP contribution >= 0.6 is 24.0 Å². The second kappa shape index (κ2) is 6.35. The minimum atomic E-state index is -0.247. The van der Waals surface area contributed by atoms with Crippen molar-refractivity contribution in [2.45, 2.75) is 0 Å². The third-order valence-corrected chi connectivity index (χ3v) is 4.24. The molecule has 1 amide bonds. The lowest BCUT2D eigenvalue weighted by atomic mass is 10.1. The van der Waals surface area contributed by atoms with Gasteiger partial charge in [0.05, 0.1) is 15.4 Å². The minimum Gasteiger partial charge on any atom is -0.456 e. The summed E-state index contributed by atoms with van der Waals surface area (Å²) in [6, 6.07) is 10.4. The summed E-state index contributed by atoms with van der Waals surface area (Å²) in [5.74, 6) is 0.742. The van der Waals surface area contributed by atoms with Crippen LogP contribution in [0, 0.1) is 4.91 Å². The standard InChI is InChI=1S/C15H10N2O4S2/c1-20-17(19)11-5-3-2-4-10(11)12-7-6-9(21-12)8-13-14(18)16-15(22)23-13/h2-8H,1H3/p+1. The Balaban J connectivity index is 1.95. The molecule has 0 unspecified atom stereocenters. The first-order valence-electron chi connectivity index (χ1n) is 6.54. The predicted octanol–water partition coefficient (Wildman–Crippen LogP) is 3.41. The number of hydrogen-bond acceptors (Lipinski definition) is 6. The number of carbonyl (C=O) groups excluding carboxylic acids is 1. The third kappa shape index (κ3) is 3.17. The van der Waals surface area contributed by atoms with Gasteiger partial charge in [0.2, 0.25) is 0 Å². The Labute approximate surface area is 141 Å². The second-order valence-corrected chi connectivity index (χ2v) is 6.23. The normalized spacial score (nSPS) is 15.8. The molecule has 1 aromatic carbocycles. The summed E-state index contributed by atoms with van der Waals surface area (Å²) < 4.78 is 6.13. The largest absolute Gasteiger partial charge is 0.456 e. The van der Waals surface area contributed by atoms with Gasteiger partial charge >= 0.3 is 5.69 Å². The molecule has 1 N–H and O–H groups in total. The Morgan fingerprint density at radius 2 is 2.09 bits per heavy atom. The van der Waals surface area contributed by atoms with Crippen molar-refractivity contribution >= 4 is 46.0 Å². The van der Waals surface area contributed by atoms with Crippen LogP contribution in [0.1, 0.15) is 5.76 Å². The second-order valence-electron chi connectivity index (χ2n) is 4.51. The smallest absolute Gasteiger partial charge is 0.327 e. The highest BCUT2D eigenvalue weighted by atomic mass is 32.2. The number of hydrogen-bond donors (Lipinski definition) is 1. The molecule has 23 heavy (non-hydrogen) atoms. The Morgan fingerprint density at radius 1 is 1.30 bits per heavy atom. The fraction of sp³-hybridized carbons (Fsp3) is 0.0667. The van der Waals surface area contributed by atoms with Crippen LogP contribution < -0.4 is 5.32 Å². The van der Waals surface area contributed by atoms with Gasteiger partial charge < -0.3 is 9.73 Å². The van der Waals surface area contributed by atoms with Gasteiger partial charge in [-0.15, -0.1) is 0 Å². The maximum Gasteiger partial charge on any atom is 0.327 e. The van der Waals surface area contributed by atoms with Crippen molar-refractivity contribution in [1.29, 1.82) is 0 Å². The molecule has 3 rings (SSSR count). The molecule has 116 valence electrons. The number of furan rings is 1. The minimum absolute atomic E-state index is 0.247. The van der Waals surface area contributed by atoms with Crippen molar-refractivity contribution in [3.63, 3.8) is 0 Å². The zero-order valence-electron chi connectivity index (χ0n) is 11.9. The van der Waals surface area contributed by atoms with E-state index in [-0.39, 0.29) is 5.91 Å². The van der Waals surface area contributed by atoms with Crippen LogP contribution in [0.3, 0.4) is 0 Å². The van der Waals surface area contributed by atoms with E-state index in [0.29, 0.717) is 36.9 Å². The van der Waals surface area contributed by atoms with E-state index in [4.69, 9.17) is 21.5 Å². The molecule has 1 saturated heterocycles. The maximum absolute atomic E-state index is 11.7. The topological polar surface area (TPSA) is 71.6 Å². The molecule has 0 saturated carbocycles. The van der Waals surface area contributed by atoms with Gasteiger partial charge in [-0.25, -0.2) is 4.84 Å². The number of nitrogens with one attached hydrogen (secondary N) is 1. The number of benzene rings is 1. The number of rotatable bonds is 4. The number of amides is 1. The van der Waals surface area contributed by atoms with Crippen LogP contribution in [-0.4, -0.2) is 22.3 Å². The third-order valence-electron chi connectivity index (χ3n) is 3.07. The van der Waals surface area contributed by atoms with E-state index in [1.807, 2.05) is 0 Å². The van der Waals surface area contributed by atoms with Gasteiger partial charge in [0, 0.05) is 12.1 Å². The van der Waals surface area contributed by atoms with Crippen LogP contribution in [0.15, 0.2) is 45.7 Å². The van der Waals surface area contributed by atoms with Gasteiger partial charge in [-0.3, -0.25) is 4.79 Å². The van der Waals surface area contributed by atoms with Crippen LogP contribution in [0.4, 0.5) is 5.69 Å². The van der Waals surface area contributed by atoms with E-state index in [1.54, 1.807) is 42.5 Å². The van der Waals surface area contributed by atoms with Crippen molar-refractivity contribution in [1.82, 2.24) is 5.32 Å². The van der Waals surface area contributed by atoms with Gasteiger partial charge in [-0.1, -0.05) is 36.1 Å². The molecule has 1 aliphatic rings. The summed E-state index contributed by atoms with van der Waals surface area (Å²) in [4.78, 5) is 29.0. The first-order valence-corrected chi connectivity index (χ1v) is 7.76. The number of thiocarbonyl (C=S) groups is 1. The van der Waals surface area contributed by atoms with E-state index >= 15 is 0 Å². The lowest BCUT2D eigenvalue weighted by Crippen LogP contribution is -2.17. The molecule has 8 heteroatoms. The Bertz CT molecular complexity index is 842. The number of para-hydroxylation sites is 1. The molecule has 0 aliphatic carbocycles. The van der Waals surface area contributed by atoms with Gasteiger partial charge in [0.15, 0.2) is 7.11 Å². The van der Waals surface area contributed by atoms with Gasteiger partial charge in [0.1, 0.15) is 15.8 Å². The SMILES string of the molecule is CO[N+](=O)c1ccccc1-c1ccc(C=C2SC(=S)NC2=O)o1. The molecular formula is C15H11N2O4S2+. The zero-order chi connectivity index (χ0) is 16.4. The molecule has 0 bridgehead atoms. The molecule has 6 nitrogen and oxygen atoms in total. The molecule has 1 fully saturated rings. The predicted molar refractivity (Wildman–Crippen MR) is 90.7 cm³/mol. The molecule has 2 aromatic rings. The summed E-state index contributed by atoms with van der Waals surface area (Å²) in [7, 11) is 1.29. The molecule has 0 spiro atoms. The fourth-order valence-electron chi connectivity index (χ4n) is 2.06. The van der Waals surface area contributed by atoms with E-state index in [1.165, 1.54) is 18.9 Å². The zero-order valence-corrected chi connectivity index (χ0v) is 13.6. The highest BCUT2D eigenvalue weighted by molar-refractivity contribution is 8.26. The lowest BCUT2D eigenvalue weighted by Gasteiger charge is -1.97. The summed E-state index contributed by atoms with van der Waals surface area (Å²) in [5.41, 5.74) is 0.922. The summed E-state index contributed by atoms with van der Waals surface area (Å²) in [6.07, 6.45) is 1.61. The summed E-state index contributed by atoms with van der Waals surface area (Å²) >= 11 is 6.11. The Hall–Kier alpha value is -2.45. The average Bonchev–Trinajstić information content (AvgIpc) is 3.13. The van der Waals surface area contributed by atoms with E-state index in [0.717, 1.165) is 0 Å². The summed E-state index contributed by atoms with van der Waals surface area (Å²) in [6.45, 7) is 0. The molecule has 0 atom stereocenters. The summed E-state index contributed by atoms with van der Waals surface area (Å²) in [5, 5.41) is 2.54. The fourth-order valence-corrected chi connectivity index (χ4v) is 3.09. The van der Waals surface area contributed by atoms with Crippen molar-refractivity contribution in [3.05, 3.63) is 52.0 Å². The number of nitrogens with zero attached hydrogens (tertiary/aromatic N) is 1. The monoisotopic (exact) mass is 347 g/mol. The van der Waals surface area contributed by atoms with Gasteiger partial charge in [-0.2, -0.15) is 0 Å². The first-order chi connectivity index (χ1) is 11.1. The van der Waals surface area contributed by atoms with Crippen molar-refractivity contribution in [2.75, 3.05) is 7.11 Å².